The first kappa shape index (κ1) is 23.9. The molecular weight excluding hydrogens is 478 g/mol. The average molecular weight is 504 g/mol. The standard InChI is InChI=1S/C24H26ClN3O3S2/c1-27(2)21(22-8-5-13-32-22)15-26-24(29)18-9-10-20(25)23(14-18)33(30,31)28-12-11-17-6-3-4-7-19(17)16-28/h3-10,13-14,21H,11-12,15-16H2,1-2H3,(H,26,29)/t21-/m0/s1. The van der Waals surface area contributed by atoms with Gasteiger partial charge in [0.15, 0.2) is 0 Å². The summed E-state index contributed by atoms with van der Waals surface area (Å²) < 4.78 is 28.2. The van der Waals surface area contributed by atoms with Gasteiger partial charge in [-0.05, 0) is 61.3 Å². The van der Waals surface area contributed by atoms with Gasteiger partial charge in [0.25, 0.3) is 5.91 Å². The van der Waals surface area contributed by atoms with Gasteiger partial charge in [-0.3, -0.25) is 4.79 Å². The van der Waals surface area contributed by atoms with Crippen LogP contribution < -0.4 is 5.32 Å². The minimum Gasteiger partial charge on any atom is -0.350 e. The first-order valence-corrected chi connectivity index (χ1v) is 13.3. The van der Waals surface area contributed by atoms with Crippen LogP contribution in [0.5, 0.6) is 0 Å². The van der Waals surface area contributed by atoms with Crippen molar-refractivity contribution in [1.29, 1.82) is 0 Å². The summed E-state index contributed by atoms with van der Waals surface area (Å²) in [6.07, 6.45) is 0.641. The van der Waals surface area contributed by atoms with Gasteiger partial charge in [-0.1, -0.05) is 41.9 Å². The Bertz CT molecular complexity index is 1240. The Kier molecular flexibility index (Phi) is 7.21. The molecule has 0 spiro atoms. The van der Waals surface area contributed by atoms with E-state index in [1.54, 1.807) is 17.4 Å². The summed E-state index contributed by atoms with van der Waals surface area (Å²) in [5, 5.41) is 5.04. The van der Waals surface area contributed by atoms with Gasteiger partial charge in [0.05, 0.1) is 11.1 Å². The van der Waals surface area contributed by atoms with Crippen molar-refractivity contribution in [3.63, 3.8) is 0 Å². The van der Waals surface area contributed by atoms with Crippen LogP contribution in [0.25, 0.3) is 0 Å². The van der Waals surface area contributed by atoms with E-state index >= 15 is 0 Å². The van der Waals surface area contributed by atoms with E-state index in [1.807, 2.05) is 60.8 Å². The molecule has 0 aliphatic carbocycles. The lowest BCUT2D eigenvalue weighted by molar-refractivity contribution is 0.0942. The van der Waals surface area contributed by atoms with E-state index in [4.69, 9.17) is 11.6 Å². The monoisotopic (exact) mass is 503 g/mol. The van der Waals surface area contributed by atoms with E-state index in [2.05, 4.69) is 5.32 Å². The number of rotatable bonds is 7. The second kappa shape index (κ2) is 9.95. The summed E-state index contributed by atoms with van der Waals surface area (Å²) in [7, 11) is 0.0604. The molecular formula is C24H26ClN3O3S2. The fourth-order valence-corrected chi connectivity index (χ4v) is 6.81. The van der Waals surface area contributed by atoms with Gasteiger partial charge < -0.3 is 10.2 Å². The Morgan fingerprint density at radius 2 is 1.91 bits per heavy atom. The third kappa shape index (κ3) is 5.15. The minimum atomic E-state index is -3.86. The molecule has 2 aromatic carbocycles. The van der Waals surface area contributed by atoms with Crippen LogP contribution in [0, 0.1) is 0 Å². The highest BCUT2D eigenvalue weighted by atomic mass is 35.5. The van der Waals surface area contributed by atoms with E-state index in [9.17, 15) is 13.2 Å². The summed E-state index contributed by atoms with van der Waals surface area (Å²) in [6, 6.07) is 16.3. The minimum absolute atomic E-state index is 0.0258. The van der Waals surface area contributed by atoms with Gasteiger partial charge in [0.2, 0.25) is 10.0 Å². The van der Waals surface area contributed by atoms with E-state index in [1.165, 1.54) is 16.4 Å². The number of carbonyl (C=O) groups excluding carboxylic acids is 1. The van der Waals surface area contributed by atoms with Crippen LogP contribution in [-0.2, 0) is 23.0 Å². The fraction of sp³-hybridized carbons (Fsp3) is 0.292. The molecule has 0 bridgehead atoms. The highest BCUT2D eigenvalue weighted by Crippen LogP contribution is 2.30. The molecule has 1 aromatic heterocycles. The van der Waals surface area contributed by atoms with Crippen LogP contribution in [0.3, 0.4) is 0 Å². The molecule has 0 fully saturated rings. The maximum Gasteiger partial charge on any atom is 0.251 e. The molecule has 1 aliphatic heterocycles. The lowest BCUT2D eigenvalue weighted by Gasteiger charge is -2.28. The molecule has 0 unspecified atom stereocenters. The molecule has 1 amide bonds. The molecule has 0 saturated carbocycles. The van der Waals surface area contributed by atoms with Gasteiger partial charge in [-0.15, -0.1) is 11.3 Å². The van der Waals surface area contributed by atoms with Gasteiger partial charge in [-0.2, -0.15) is 4.31 Å². The lowest BCUT2D eigenvalue weighted by Crippen LogP contribution is -2.36. The van der Waals surface area contributed by atoms with Crippen LogP contribution in [0.2, 0.25) is 5.02 Å². The number of hydrogen-bond donors (Lipinski definition) is 1. The van der Waals surface area contributed by atoms with Crippen molar-refractivity contribution < 1.29 is 13.2 Å². The largest absolute Gasteiger partial charge is 0.350 e. The number of fused-ring (bicyclic) bond motifs is 1. The molecule has 1 aliphatic rings. The number of benzene rings is 2. The molecule has 9 heteroatoms. The number of carbonyl (C=O) groups is 1. The highest BCUT2D eigenvalue weighted by molar-refractivity contribution is 7.89. The molecule has 6 nitrogen and oxygen atoms in total. The number of nitrogens with zero attached hydrogens (tertiary/aromatic N) is 2. The van der Waals surface area contributed by atoms with Crippen LogP contribution >= 0.6 is 22.9 Å². The predicted molar refractivity (Wildman–Crippen MR) is 132 cm³/mol. The van der Waals surface area contributed by atoms with Crippen molar-refractivity contribution >= 4 is 38.9 Å². The third-order valence-corrected chi connectivity index (χ3v) is 9.16. The van der Waals surface area contributed by atoms with Crippen molar-refractivity contribution in [2.24, 2.45) is 0 Å². The Hall–Kier alpha value is -2.23. The fourth-order valence-electron chi connectivity index (χ4n) is 3.97. The van der Waals surface area contributed by atoms with Crippen LogP contribution in [-0.4, -0.2) is 50.7 Å². The summed E-state index contributed by atoms with van der Waals surface area (Å²) in [5.74, 6) is -0.337. The zero-order valence-electron chi connectivity index (χ0n) is 18.5. The Balaban J connectivity index is 1.53. The number of hydrogen-bond acceptors (Lipinski definition) is 5. The molecule has 0 saturated heterocycles. The first-order valence-electron chi connectivity index (χ1n) is 10.6. The van der Waals surface area contributed by atoms with Crippen molar-refractivity contribution in [3.05, 3.63) is 86.6 Å². The Morgan fingerprint density at radius 1 is 1.15 bits per heavy atom. The van der Waals surface area contributed by atoms with Gasteiger partial charge in [0.1, 0.15) is 4.90 Å². The summed E-state index contributed by atoms with van der Waals surface area (Å²) in [5.41, 5.74) is 2.41. The van der Waals surface area contributed by atoms with Crippen molar-refractivity contribution in [1.82, 2.24) is 14.5 Å². The van der Waals surface area contributed by atoms with E-state index in [0.29, 0.717) is 19.5 Å². The summed E-state index contributed by atoms with van der Waals surface area (Å²) >= 11 is 7.93. The van der Waals surface area contributed by atoms with Crippen LogP contribution in [0.15, 0.2) is 64.9 Å². The number of thiophene rings is 1. The number of nitrogens with one attached hydrogen (secondary N) is 1. The molecule has 174 valence electrons. The molecule has 2 heterocycles. The van der Waals surface area contributed by atoms with E-state index in [-0.39, 0.29) is 34.0 Å². The maximum atomic E-state index is 13.4. The number of halogens is 1. The number of amides is 1. The SMILES string of the molecule is CN(C)[C@@H](CNC(=O)c1ccc(Cl)c(S(=O)(=O)N2CCc3ccccc3C2)c1)c1cccs1. The molecule has 0 radical (unpaired) electrons. The maximum absolute atomic E-state index is 13.4. The second-order valence-electron chi connectivity index (χ2n) is 8.21. The smallest absolute Gasteiger partial charge is 0.251 e. The van der Waals surface area contributed by atoms with Gasteiger partial charge in [0, 0.05) is 30.1 Å². The number of likely N-dealkylation sites (N-methyl/N-ethyl adjacent to an activating group) is 1. The molecule has 33 heavy (non-hydrogen) atoms. The van der Waals surface area contributed by atoms with E-state index < -0.39 is 10.0 Å². The van der Waals surface area contributed by atoms with Crippen molar-refractivity contribution in [2.75, 3.05) is 27.2 Å². The van der Waals surface area contributed by atoms with E-state index in [0.717, 1.165) is 16.0 Å². The molecule has 1 atom stereocenters. The summed E-state index contributed by atoms with van der Waals surface area (Å²) in [6.45, 7) is 1.06. The molecule has 4 rings (SSSR count). The van der Waals surface area contributed by atoms with Gasteiger partial charge >= 0.3 is 0 Å². The normalized spacial score (nSPS) is 15.3. The molecule has 1 N–H and O–H groups in total. The summed E-state index contributed by atoms with van der Waals surface area (Å²) in [4.78, 5) is 16.0. The van der Waals surface area contributed by atoms with Crippen molar-refractivity contribution in [2.45, 2.75) is 23.9 Å². The number of sulfonamides is 1. The van der Waals surface area contributed by atoms with Gasteiger partial charge in [-0.25, -0.2) is 8.42 Å². The average Bonchev–Trinajstić information content (AvgIpc) is 3.33. The second-order valence-corrected chi connectivity index (χ2v) is 11.5. The highest BCUT2D eigenvalue weighted by Gasteiger charge is 2.30. The zero-order chi connectivity index (χ0) is 23.6. The quantitative estimate of drug-likeness (QED) is 0.525. The van der Waals surface area contributed by atoms with Crippen LogP contribution in [0.4, 0.5) is 0 Å². The topological polar surface area (TPSA) is 69.7 Å². The molecule has 3 aromatic rings. The first-order chi connectivity index (χ1) is 15.8. The predicted octanol–water partition coefficient (Wildman–Crippen LogP) is 4.18. The lowest BCUT2D eigenvalue weighted by atomic mass is 10.0. The van der Waals surface area contributed by atoms with Crippen LogP contribution in [0.1, 0.15) is 32.4 Å². The Morgan fingerprint density at radius 3 is 2.61 bits per heavy atom. The Labute approximate surface area is 203 Å². The third-order valence-electron chi connectivity index (χ3n) is 5.86. The zero-order valence-corrected chi connectivity index (χ0v) is 20.9. The van der Waals surface area contributed by atoms with Crippen molar-refractivity contribution in [3.8, 4) is 0 Å².